The van der Waals surface area contributed by atoms with E-state index in [9.17, 15) is 4.79 Å². The van der Waals surface area contributed by atoms with Gasteiger partial charge in [0, 0.05) is 35.5 Å². The molecule has 1 N–H and O–H groups in total. The van der Waals surface area contributed by atoms with Gasteiger partial charge >= 0.3 is 5.97 Å². The van der Waals surface area contributed by atoms with Gasteiger partial charge in [0.25, 0.3) is 0 Å². The summed E-state index contributed by atoms with van der Waals surface area (Å²) in [6.07, 6.45) is 2.60. The second-order valence-corrected chi connectivity index (χ2v) is 9.30. The summed E-state index contributed by atoms with van der Waals surface area (Å²) < 4.78 is 12.2. The summed E-state index contributed by atoms with van der Waals surface area (Å²) in [4.78, 5) is 18.1. The third kappa shape index (κ3) is 5.35. The van der Waals surface area contributed by atoms with Gasteiger partial charge in [-0.15, -0.1) is 16.4 Å². The van der Waals surface area contributed by atoms with Gasteiger partial charge in [-0.1, -0.05) is 32.0 Å². The molecule has 8 heteroatoms. The van der Waals surface area contributed by atoms with Crippen LogP contribution in [0.25, 0.3) is 16.1 Å². The van der Waals surface area contributed by atoms with E-state index in [1.807, 2.05) is 46.5 Å². The second-order valence-electron chi connectivity index (χ2n) is 8.35. The van der Waals surface area contributed by atoms with Gasteiger partial charge < -0.3 is 14.8 Å². The van der Waals surface area contributed by atoms with Crippen LogP contribution in [0.1, 0.15) is 35.5 Å². The summed E-state index contributed by atoms with van der Waals surface area (Å²) in [5.41, 5.74) is 4.30. The first kappa shape index (κ1) is 23.7. The number of rotatable bonds is 9. The SMILES string of the molecule is COCc1cccc(-n2nc(Nc3ncc(-c4cccs4)cc3C(=O)OC)cc2CC(C)C)c1. The second kappa shape index (κ2) is 10.6. The van der Waals surface area contributed by atoms with Gasteiger partial charge in [-0.3, -0.25) is 0 Å². The summed E-state index contributed by atoms with van der Waals surface area (Å²) in [5, 5.41) is 10.0. The zero-order valence-corrected chi connectivity index (χ0v) is 20.6. The highest BCUT2D eigenvalue weighted by Gasteiger charge is 2.18. The number of methoxy groups -OCH3 is 2. The summed E-state index contributed by atoms with van der Waals surface area (Å²) >= 11 is 1.59. The van der Waals surface area contributed by atoms with Gasteiger partial charge in [0.05, 0.1) is 19.4 Å². The maximum atomic E-state index is 12.5. The van der Waals surface area contributed by atoms with Crippen molar-refractivity contribution in [2.24, 2.45) is 5.92 Å². The van der Waals surface area contributed by atoms with Crippen molar-refractivity contribution >= 4 is 28.9 Å². The molecule has 0 atom stereocenters. The average molecular weight is 477 g/mol. The molecule has 0 aliphatic rings. The van der Waals surface area contributed by atoms with Crippen LogP contribution in [0, 0.1) is 5.92 Å². The van der Waals surface area contributed by atoms with E-state index >= 15 is 0 Å². The van der Waals surface area contributed by atoms with Crippen molar-refractivity contribution in [1.29, 1.82) is 0 Å². The van der Waals surface area contributed by atoms with Crippen molar-refractivity contribution < 1.29 is 14.3 Å². The largest absolute Gasteiger partial charge is 0.465 e. The molecule has 0 amide bonds. The van der Waals surface area contributed by atoms with E-state index < -0.39 is 5.97 Å². The molecule has 34 heavy (non-hydrogen) atoms. The normalized spacial score (nSPS) is 11.1. The predicted molar refractivity (Wildman–Crippen MR) is 135 cm³/mol. The lowest BCUT2D eigenvalue weighted by Gasteiger charge is -2.11. The Bertz CT molecular complexity index is 1270. The lowest BCUT2D eigenvalue weighted by atomic mass is 10.1. The average Bonchev–Trinajstić information content (AvgIpc) is 3.49. The smallest absolute Gasteiger partial charge is 0.341 e. The minimum atomic E-state index is -0.456. The number of aromatic nitrogens is 3. The molecule has 4 rings (SSSR count). The molecule has 0 aliphatic carbocycles. The zero-order chi connectivity index (χ0) is 24.1. The van der Waals surface area contributed by atoms with Crippen molar-refractivity contribution in [3.63, 3.8) is 0 Å². The van der Waals surface area contributed by atoms with Crippen molar-refractivity contribution in [1.82, 2.24) is 14.8 Å². The first-order chi connectivity index (χ1) is 16.5. The molecule has 0 unspecified atom stereocenters. The maximum Gasteiger partial charge on any atom is 0.341 e. The summed E-state index contributed by atoms with van der Waals surface area (Å²) in [6.45, 7) is 4.88. The fraction of sp³-hybridized carbons (Fsp3) is 0.269. The number of ether oxygens (including phenoxy) is 2. The number of thiophene rings is 1. The quantitative estimate of drug-likeness (QED) is 0.304. The van der Waals surface area contributed by atoms with Gasteiger partial charge in [-0.2, -0.15) is 0 Å². The molecule has 0 bridgehead atoms. The number of pyridine rings is 1. The van der Waals surface area contributed by atoms with Crippen LogP contribution in [0.2, 0.25) is 0 Å². The van der Waals surface area contributed by atoms with E-state index in [2.05, 4.69) is 30.2 Å². The number of carbonyl (C=O) groups excluding carboxylic acids is 1. The number of nitrogens with one attached hydrogen (secondary N) is 1. The fourth-order valence-electron chi connectivity index (χ4n) is 3.74. The predicted octanol–water partition coefficient (Wildman–Crippen LogP) is 5.87. The molecule has 0 fully saturated rings. The highest BCUT2D eigenvalue weighted by Crippen LogP contribution is 2.29. The van der Waals surface area contributed by atoms with E-state index in [4.69, 9.17) is 14.6 Å². The molecule has 0 aliphatic heterocycles. The summed E-state index contributed by atoms with van der Waals surface area (Å²) in [5.74, 6) is 0.997. The Morgan fingerprint density at radius 1 is 1.15 bits per heavy atom. The minimum absolute atomic E-state index is 0.357. The van der Waals surface area contributed by atoms with Crippen LogP contribution in [0.3, 0.4) is 0 Å². The molecule has 4 aromatic rings. The Morgan fingerprint density at radius 3 is 2.71 bits per heavy atom. The van der Waals surface area contributed by atoms with Gasteiger partial charge in [-0.05, 0) is 47.5 Å². The Kier molecular flexibility index (Phi) is 7.40. The highest BCUT2D eigenvalue weighted by atomic mass is 32.1. The van der Waals surface area contributed by atoms with E-state index in [1.54, 1.807) is 30.7 Å². The van der Waals surface area contributed by atoms with Crippen LogP contribution in [0.15, 0.2) is 60.1 Å². The summed E-state index contributed by atoms with van der Waals surface area (Å²) in [6, 6.07) is 15.9. The molecular formula is C26H28N4O3S. The lowest BCUT2D eigenvalue weighted by molar-refractivity contribution is 0.0601. The molecule has 0 saturated heterocycles. The van der Waals surface area contributed by atoms with Crippen molar-refractivity contribution in [2.75, 3.05) is 19.5 Å². The number of benzene rings is 1. The number of hydrogen-bond donors (Lipinski definition) is 1. The topological polar surface area (TPSA) is 78.3 Å². The number of carbonyl (C=O) groups is 1. The van der Waals surface area contributed by atoms with Crippen LogP contribution in [-0.4, -0.2) is 35.0 Å². The van der Waals surface area contributed by atoms with Crippen LogP contribution >= 0.6 is 11.3 Å². The molecule has 3 heterocycles. The zero-order valence-electron chi connectivity index (χ0n) is 19.7. The summed E-state index contributed by atoms with van der Waals surface area (Å²) in [7, 11) is 3.05. The fourth-order valence-corrected chi connectivity index (χ4v) is 4.45. The third-order valence-corrected chi connectivity index (χ3v) is 6.13. The number of esters is 1. The van der Waals surface area contributed by atoms with Gasteiger partial charge in [0.1, 0.15) is 11.4 Å². The molecule has 1 aromatic carbocycles. The third-order valence-electron chi connectivity index (χ3n) is 5.21. The van der Waals surface area contributed by atoms with Gasteiger partial charge in [-0.25, -0.2) is 14.5 Å². The standard InChI is InChI=1S/C26H28N4O3S/c1-17(2)11-21-14-24(29-30(21)20-8-5-7-18(12-20)16-32-3)28-25-22(26(31)33-4)13-19(15-27-25)23-9-6-10-34-23/h5-10,12-15,17H,11,16H2,1-4H3,(H,27,28,29). The van der Waals surface area contributed by atoms with Crippen molar-refractivity contribution in [3.05, 3.63) is 76.9 Å². The van der Waals surface area contributed by atoms with Gasteiger partial charge in [0.15, 0.2) is 5.82 Å². The molecule has 176 valence electrons. The number of anilines is 2. The Labute approximate surface area is 203 Å². The minimum Gasteiger partial charge on any atom is -0.465 e. The van der Waals surface area contributed by atoms with E-state index in [-0.39, 0.29) is 0 Å². The van der Waals surface area contributed by atoms with Crippen molar-refractivity contribution in [2.45, 2.75) is 26.9 Å². The Balaban J connectivity index is 1.71. The maximum absolute atomic E-state index is 12.5. The molecule has 0 radical (unpaired) electrons. The van der Waals surface area contributed by atoms with Gasteiger partial charge in [0.2, 0.25) is 0 Å². The molecular weight excluding hydrogens is 448 g/mol. The molecule has 7 nitrogen and oxygen atoms in total. The van der Waals surface area contributed by atoms with E-state index in [1.165, 1.54) is 7.11 Å². The Morgan fingerprint density at radius 2 is 2.00 bits per heavy atom. The molecule has 0 spiro atoms. The van der Waals surface area contributed by atoms with E-state index in [0.717, 1.165) is 33.8 Å². The Hall–Kier alpha value is -3.49. The van der Waals surface area contributed by atoms with Crippen LogP contribution in [-0.2, 0) is 22.5 Å². The van der Waals surface area contributed by atoms with Crippen LogP contribution < -0.4 is 5.32 Å². The highest BCUT2D eigenvalue weighted by molar-refractivity contribution is 7.13. The number of hydrogen-bond acceptors (Lipinski definition) is 7. The van der Waals surface area contributed by atoms with Crippen LogP contribution in [0.4, 0.5) is 11.6 Å². The first-order valence-corrected chi connectivity index (χ1v) is 11.9. The monoisotopic (exact) mass is 476 g/mol. The van der Waals surface area contributed by atoms with Crippen LogP contribution in [0.5, 0.6) is 0 Å². The van der Waals surface area contributed by atoms with E-state index in [0.29, 0.717) is 29.7 Å². The molecule has 0 saturated carbocycles. The molecule has 3 aromatic heterocycles. The lowest BCUT2D eigenvalue weighted by Crippen LogP contribution is -2.08. The van der Waals surface area contributed by atoms with Crippen molar-refractivity contribution in [3.8, 4) is 16.1 Å². The number of nitrogens with zero attached hydrogens (tertiary/aromatic N) is 3. The first-order valence-electron chi connectivity index (χ1n) is 11.0.